The van der Waals surface area contributed by atoms with Crippen LogP contribution < -0.4 is 0 Å². The van der Waals surface area contributed by atoms with E-state index in [1.807, 2.05) is 30.3 Å². The van der Waals surface area contributed by atoms with E-state index in [9.17, 15) is 9.18 Å². The Hall–Kier alpha value is -3.02. The van der Waals surface area contributed by atoms with Crippen molar-refractivity contribution in [1.29, 1.82) is 0 Å². The first kappa shape index (κ1) is 15.9. The van der Waals surface area contributed by atoms with Crippen LogP contribution in [-0.2, 0) is 11.4 Å². The van der Waals surface area contributed by atoms with Crippen LogP contribution in [0.25, 0.3) is 16.9 Å². The molecule has 0 radical (unpaired) electrons. The van der Waals surface area contributed by atoms with Crippen molar-refractivity contribution in [1.82, 2.24) is 15.0 Å². The summed E-state index contributed by atoms with van der Waals surface area (Å²) in [6.45, 7) is 1.46. The van der Waals surface area contributed by atoms with Crippen molar-refractivity contribution in [3.8, 4) is 16.9 Å². The number of benzene rings is 2. The molecule has 2 aromatic carbocycles. The first-order chi connectivity index (χ1) is 11.7. The van der Waals surface area contributed by atoms with E-state index in [-0.39, 0.29) is 12.3 Å². The van der Waals surface area contributed by atoms with Gasteiger partial charge in [0.15, 0.2) is 5.69 Å². The molecular formula is C18H16FN3O2. The van der Waals surface area contributed by atoms with Crippen LogP contribution >= 0.6 is 0 Å². The van der Waals surface area contributed by atoms with Gasteiger partial charge in [0.25, 0.3) is 0 Å². The molecule has 122 valence electrons. The predicted octanol–water partition coefficient (Wildman–Crippen LogP) is 3.58. The molecular weight excluding hydrogens is 309 g/mol. The second kappa shape index (κ2) is 7.04. The lowest BCUT2D eigenvalue weighted by Gasteiger charge is -2.00. The number of ether oxygens (including phenoxy) is 1. The fourth-order valence-corrected chi connectivity index (χ4v) is 2.27. The molecule has 0 saturated carbocycles. The Kier molecular flexibility index (Phi) is 4.65. The predicted molar refractivity (Wildman–Crippen MR) is 87.6 cm³/mol. The molecule has 1 aromatic heterocycles. The third-order valence-corrected chi connectivity index (χ3v) is 3.45. The van der Waals surface area contributed by atoms with E-state index in [0.717, 1.165) is 5.56 Å². The average molecular weight is 325 g/mol. The van der Waals surface area contributed by atoms with Crippen molar-refractivity contribution in [2.45, 2.75) is 13.6 Å². The topological polar surface area (TPSA) is 57.0 Å². The molecule has 6 heteroatoms. The van der Waals surface area contributed by atoms with Gasteiger partial charge in [0.2, 0.25) is 0 Å². The quantitative estimate of drug-likeness (QED) is 0.673. The van der Waals surface area contributed by atoms with Gasteiger partial charge in [0.05, 0.1) is 12.3 Å². The Morgan fingerprint density at radius 2 is 1.79 bits per heavy atom. The summed E-state index contributed by atoms with van der Waals surface area (Å²) in [5.41, 5.74) is 2.58. The highest BCUT2D eigenvalue weighted by Crippen LogP contribution is 2.22. The van der Waals surface area contributed by atoms with Crippen molar-refractivity contribution in [2.75, 3.05) is 6.61 Å². The van der Waals surface area contributed by atoms with Crippen LogP contribution in [0.1, 0.15) is 23.0 Å². The molecule has 0 saturated heterocycles. The standard InChI is InChI=1S/C18H16FN3O2/c1-2-24-18(23)17-16(14-6-4-3-5-7-14)20-22(21-17)15-10-8-13(12-19)9-11-15/h3-11H,2,12H2,1H3. The highest BCUT2D eigenvalue weighted by molar-refractivity contribution is 5.94. The second-order valence-corrected chi connectivity index (χ2v) is 5.07. The van der Waals surface area contributed by atoms with Gasteiger partial charge >= 0.3 is 5.97 Å². The van der Waals surface area contributed by atoms with E-state index < -0.39 is 12.6 Å². The fraction of sp³-hybridized carbons (Fsp3) is 0.167. The molecule has 0 spiro atoms. The monoisotopic (exact) mass is 325 g/mol. The molecule has 24 heavy (non-hydrogen) atoms. The molecule has 0 aliphatic rings. The summed E-state index contributed by atoms with van der Waals surface area (Å²) in [5.74, 6) is -0.525. The zero-order valence-electron chi connectivity index (χ0n) is 13.1. The molecule has 0 aliphatic carbocycles. The van der Waals surface area contributed by atoms with E-state index in [4.69, 9.17) is 4.74 Å². The minimum Gasteiger partial charge on any atom is -0.461 e. The van der Waals surface area contributed by atoms with E-state index in [1.165, 1.54) is 4.80 Å². The van der Waals surface area contributed by atoms with E-state index >= 15 is 0 Å². The Bertz CT molecular complexity index is 829. The summed E-state index contributed by atoms with van der Waals surface area (Å²) in [6.07, 6.45) is 0. The van der Waals surface area contributed by atoms with Gasteiger partial charge in [-0.05, 0) is 24.6 Å². The van der Waals surface area contributed by atoms with Gasteiger partial charge in [-0.2, -0.15) is 4.80 Å². The third kappa shape index (κ3) is 3.17. The number of rotatable bonds is 5. The number of alkyl halides is 1. The van der Waals surface area contributed by atoms with Crippen LogP contribution in [0.15, 0.2) is 54.6 Å². The number of nitrogens with zero attached hydrogens (tertiary/aromatic N) is 3. The van der Waals surface area contributed by atoms with E-state index in [2.05, 4.69) is 10.2 Å². The molecule has 5 nitrogen and oxygen atoms in total. The maximum Gasteiger partial charge on any atom is 0.361 e. The molecule has 1 heterocycles. The zero-order valence-corrected chi connectivity index (χ0v) is 13.1. The zero-order chi connectivity index (χ0) is 16.9. The van der Waals surface area contributed by atoms with Gasteiger partial charge in [-0.25, -0.2) is 9.18 Å². The SMILES string of the molecule is CCOC(=O)c1nn(-c2ccc(CF)cc2)nc1-c1ccccc1. The van der Waals surface area contributed by atoms with Crippen LogP contribution in [0.4, 0.5) is 4.39 Å². The normalized spacial score (nSPS) is 10.6. The van der Waals surface area contributed by atoms with Crippen LogP contribution in [0.2, 0.25) is 0 Å². The molecule has 0 bridgehead atoms. The van der Waals surface area contributed by atoms with Crippen LogP contribution in [0.3, 0.4) is 0 Å². The van der Waals surface area contributed by atoms with Crippen molar-refractivity contribution in [2.24, 2.45) is 0 Å². The first-order valence-electron chi connectivity index (χ1n) is 7.58. The van der Waals surface area contributed by atoms with E-state index in [1.54, 1.807) is 31.2 Å². The molecule has 0 aliphatic heterocycles. The molecule has 0 amide bonds. The number of aromatic nitrogens is 3. The smallest absolute Gasteiger partial charge is 0.361 e. The lowest BCUT2D eigenvalue weighted by Crippen LogP contribution is -2.07. The summed E-state index contributed by atoms with van der Waals surface area (Å²) in [4.78, 5) is 13.6. The summed E-state index contributed by atoms with van der Waals surface area (Å²) in [5, 5.41) is 8.69. The third-order valence-electron chi connectivity index (χ3n) is 3.45. The maximum atomic E-state index is 12.6. The summed E-state index contributed by atoms with van der Waals surface area (Å²) < 4.78 is 17.7. The summed E-state index contributed by atoms with van der Waals surface area (Å²) in [7, 11) is 0. The number of hydrogen-bond acceptors (Lipinski definition) is 4. The number of halogens is 1. The highest BCUT2D eigenvalue weighted by atomic mass is 19.1. The maximum absolute atomic E-state index is 12.6. The second-order valence-electron chi connectivity index (χ2n) is 5.07. The van der Waals surface area contributed by atoms with Crippen LogP contribution in [0, 0.1) is 0 Å². The Morgan fingerprint density at radius 1 is 1.08 bits per heavy atom. The van der Waals surface area contributed by atoms with Gasteiger partial charge in [-0.15, -0.1) is 10.2 Å². The van der Waals surface area contributed by atoms with Gasteiger partial charge in [0, 0.05) is 5.56 Å². The van der Waals surface area contributed by atoms with Crippen LogP contribution in [-0.4, -0.2) is 27.6 Å². The number of carbonyl (C=O) groups excluding carboxylic acids is 1. The highest BCUT2D eigenvalue weighted by Gasteiger charge is 2.21. The van der Waals surface area contributed by atoms with Crippen molar-refractivity contribution < 1.29 is 13.9 Å². The average Bonchev–Trinajstić information content (AvgIpc) is 3.08. The molecule has 0 fully saturated rings. The first-order valence-corrected chi connectivity index (χ1v) is 7.58. The van der Waals surface area contributed by atoms with Crippen molar-refractivity contribution >= 4 is 5.97 Å². The Labute approximate surface area is 138 Å². The van der Waals surface area contributed by atoms with Gasteiger partial charge in [-0.1, -0.05) is 42.5 Å². The summed E-state index contributed by atoms with van der Waals surface area (Å²) in [6, 6.07) is 16.0. The molecule has 0 unspecified atom stereocenters. The molecule has 0 atom stereocenters. The number of hydrogen-bond donors (Lipinski definition) is 0. The Balaban J connectivity index is 2.06. The lowest BCUT2D eigenvalue weighted by molar-refractivity contribution is 0.0520. The van der Waals surface area contributed by atoms with Crippen molar-refractivity contribution in [3.63, 3.8) is 0 Å². The minimum absolute atomic E-state index is 0.151. The van der Waals surface area contributed by atoms with Crippen LogP contribution in [0.5, 0.6) is 0 Å². The molecule has 3 aromatic rings. The largest absolute Gasteiger partial charge is 0.461 e. The number of carbonyl (C=O) groups is 1. The Morgan fingerprint density at radius 3 is 2.42 bits per heavy atom. The molecule has 3 rings (SSSR count). The number of esters is 1. The van der Waals surface area contributed by atoms with Crippen molar-refractivity contribution in [3.05, 3.63) is 65.9 Å². The fourth-order valence-electron chi connectivity index (χ4n) is 2.27. The summed E-state index contributed by atoms with van der Waals surface area (Å²) >= 11 is 0. The van der Waals surface area contributed by atoms with Gasteiger partial charge < -0.3 is 4.74 Å². The minimum atomic E-state index is -0.532. The lowest BCUT2D eigenvalue weighted by atomic mass is 10.1. The van der Waals surface area contributed by atoms with Gasteiger partial charge in [-0.3, -0.25) is 0 Å². The van der Waals surface area contributed by atoms with E-state index in [0.29, 0.717) is 16.9 Å². The van der Waals surface area contributed by atoms with Gasteiger partial charge in [0.1, 0.15) is 12.4 Å². The molecule has 0 N–H and O–H groups in total.